The van der Waals surface area contributed by atoms with Crippen LogP contribution in [0.1, 0.15) is 32.6 Å². The normalized spacial score (nSPS) is 28.8. The highest BCUT2D eigenvalue weighted by atomic mass is 32.2. The van der Waals surface area contributed by atoms with E-state index in [1.807, 2.05) is 0 Å². The molecular formula is C10H16OS. The van der Waals surface area contributed by atoms with Gasteiger partial charge in [0.05, 0.1) is 4.75 Å². The zero-order chi connectivity index (χ0) is 9.03. The lowest BCUT2D eigenvalue weighted by Crippen LogP contribution is -2.23. The van der Waals surface area contributed by atoms with Crippen molar-refractivity contribution in [3.63, 3.8) is 0 Å². The molecule has 0 spiro atoms. The van der Waals surface area contributed by atoms with Gasteiger partial charge in [-0.2, -0.15) is 0 Å². The summed E-state index contributed by atoms with van der Waals surface area (Å²) in [7, 11) is 0. The Hall–Kier alpha value is -0.240. The van der Waals surface area contributed by atoms with Gasteiger partial charge in [0, 0.05) is 0 Å². The van der Waals surface area contributed by atoms with Crippen LogP contribution in [0.25, 0.3) is 0 Å². The summed E-state index contributed by atoms with van der Waals surface area (Å²) >= 11 is 1.80. The molecule has 1 aliphatic rings. The maximum atomic E-state index is 10.9. The fourth-order valence-corrected chi connectivity index (χ4v) is 2.90. The zero-order valence-corrected chi connectivity index (χ0v) is 8.45. The van der Waals surface area contributed by atoms with Gasteiger partial charge in [0.1, 0.15) is 6.29 Å². The number of allylic oxidation sites excluding steroid dienone is 1. The number of aldehydes is 1. The summed E-state index contributed by atoms with van der Waals surface area (Å²) in [6.07, 6.45) is 5.24. The molecule has 0 amide bonds. The van der Waals surface area contributed by atoms with E-state index < -0.39 is 0 Å². The van der Waals surface area contributed by atoms with Crippen molar-refractivity contribution in [1.29, 1.82) is 0 Å². The molecule has 1 aliphatic heterocycles. The Bertz CT molecular complexity index is 180. The SMILES string of the molecule is C=C(CC)CC1(C=O)CCCS1. The third kappa shape index (κ3) is 2.13. The molecule has 1 fully saturated rings. The van der Waals surface area contributed by atoms with Gasteiger partial charge in [-0.1, -0.05) is 19.1 Å². The van der Waals surface area contributed by atoms with E-state index in [0.29, 0.717) is 0 Å². The Labute approximate surface area is 78.6 Å². The molecule has 1 rings (SSSR count). The van der Waals surface area contributed by atoms with Gasteiger partial charge in [0.2, 0.25) is 0 Å². The van der Waals surface area contributed by atoms with Crippen LogP contribution < -0.4 is 0 Å². The molecular weight excluding hydrogens is 168 g/mol. The van der Waals surface area contributed by atoms with Crippen molar-refractivity contribution in [3.8, 4) is 0 Å². The largest absolute Gasteiger partial charge is 0.302 e. The Morgan fingerprint density at radius 3 is 2.92 bits per heavy atom. The van der Waals surface area contributed by atoms with Crippen LogP contribution in [0.4, 0.5) is 0 Å². The van der Waals surface area contributed by atoms with E-state index in [4.69, 9.17) is 0 Å². The number of carbonyl (C=O) groups is 1. The quantitative estimate of drug-likeness (QED) is 0.493. The number of hydrogen-bond acceptors (Lipinski definition) is 2. The monoisotopic (exact) mass is 184 g/mol. The molecule has 12 heavy (non-hydrogen) atoms. The smallest absolute Gasteiger partial charge is 0.136 e. The third-order valence-electron chi connectivity index (χ3n) is 2.40. The molecule has 2 heteroatoms. The van der Waals surface area contributed by atoms with E-state index in [-0.39, 0.29) is 4.75 Å². The number of rotatable bonds is 4. The van der Waals surface area contributed by atoms with Gasteiger partial charge < -0.3 is 4.79 Å². The van der Waals surface area contributed by atoms with Crippen LogP contribution in [0.15, 0.2) is 12.2 Å². The molecule has 0 aromatic carbocycles. The zero-order valence-electron chi connectivity index (χ0n) is 7.64. The molecule has 0 aliphatic carbocycles. The van der Waals surface area contributed by atoms with Crippen molar-refractivity contribution < 1.29 is 4.79 Å². The maximum Gasteiger partial charge on any atom is 0.136 e. The van der Waals surface area contributed by atoms with Crippen LogP contribution >= 0.6 is 11.8 Å². The predicted molar refractivity (Wildman–Crippen MR) is 54.5 cm³/mol. The lowest BCUT2D eigenvalue weighted by Gasteiger charge is -2.21. The van der Waals surface area contributed by atoms with E-state index in [1.165, 1.54) is 12.0 Å². The van der Waals surface area contributed by atoms with E-state index >= 15 is 0 Å². The van der Waals surface area contributed by atoms with Crippen LogP contribution in [0, 0.1) is 0 Å². The van der Waals surface area contributed by atoms with Crippen LogP contribution in [0.2, 0.25) is 0 Å². The first kappa shape index (κ1) is 9.85. The lowest BCUT2D eigenvalue weighted by atomic mass is 9.95. The van der Waals surface area contributed by atoms with Gasteiger partial charge in [0.15, 0.2) is 0 Å². The van der Waals surface area contributed by atoms with Gasteiger partial charge >= 0.3 is 0 Å². The van der Waals surface area contributed by atoms with Crippen LogP contribution in [0.5, 0.6) is 0 Å². The molecule has 1 unspecified atom stereocenters. The molecule has 68 valence electrons. The van der Waals surface area contributed by atoms with Crippen LogP contribution in [0.3, 0.4) is 0 Å². The van der Waals surface area contributed by atoms with Crippen molar-refractivity contribution in [2.45, 2.75) is 37.4 Å². The summed E-state index contributed by atoms with van der Waals surface area (Å²) in [6, 6.07) is 0. The molecule has 0 saturated carbocycles. The molecule has 1 atom stereocenters. The summed E-state index contributed by atoms with van der Waals surface area (Å²) in [5.74, 6) is 1.13. The first-order valence-corrected chi connectivity index (χ1v) is 5.48. The molecule has 1 nitrogen and oxygen atoms in total. The van der Waals surface area contributed by atoms with E-state index in [1.54, 1.807) is 11.8 Å². The highest BCUT2D eigenvalue weighted by Gasteiger charge is 2.34. The summed E-state index contributed by atoms with van der Waals surface area (Å²) in [4.78, 5) is 10.9. The minimum atomic E-state index is -0.104. The summed E-state index contributed by atoms with van der Waals surface area (Å²) in [6.45, 7) is 6.06. The van der Waals surface area contributed by atoms with Crippen LogP contribution in [-0.4, -0.2) is 16.8 Å². The molecule has 1 heterocycles. The highest BCUT2D eigenvalue weighted by Crippen LogP contribution is 2.41. The average molecular weight is 184 g/mol. The van der Waals surface area contributed by atoms with Gasteiger partial charge in [-0.15, -0.1) is 11.8 Å². The topological polar surface area (TPSA) is 17.1 Å². The number of thioether (sulfide) groups is 1. The predicted octanol–water partition coefficient (Wildman–Crippen LogP) is 2.81. The maximum absolute atomic E-state index is 10.9. The van der Waals surface area contributed by atoms with Crippen molar-refractivity contribution in [2.24, 2.45) is 0 Å². The lowest BCUT2D eigenvalue weighted by molar-refractivity contribution is -0.109. The second kappa shape index (κ2) is 4.13. The Kier molecular flexibility index (Phi) is 3.39. The molecule has 1 saturated heterocycles. The van der Waals surface area contributed by atoms with Crippen molar-refractivity contribution >= 4 is 18.0 Å². The average Bonchev–Trinajstić information content (AvgIpc) is 2.54. The third-order valence-corrected chi connectivity index (χ3v) is 3.91. The van der Waals surface area contributed by atoms with Gasteiger partial charge in [-0.05, 0) is 31.4 Å². The summed E-state index contributed by atoms with van der Waals surface area (Å²) in [5, 5.41) is 0. The van der Waals surface area contributed by atoms with E-state index in [9.17, 15) is 4.79 Å². The summed E-state index contributed by atoms with van der Waals surface area (Å²) in [5.41, 5.74) is 1.21. The highest BCUT2D eigenvalue weighted by molar-refractivity contribution is 8.01. The first-order valence-electron chi connectivity index (χ1n) is 4.49. The summed E-state index contributed by atoms with van der Waals surface area (Å²) < 4.78 is -0.104. The Balaban J connectivity index is 2.55. The van der Waals surface area contributed by atoms with Crippen molar-refractivity contribution in [1.82, 2.24) is 0 Å². The van der Waals surface area contributed by atoms with Crippen LogP contribution in [-0.2, 0) is 4.79 Å². The van der Waals surface area contributed by atoms with Gasteiger partial charge in [-0.25, -0.2) is 0 Å². The molecule has 0 N–H and O–H groups in total. The Morgan fingerprint density at radius 1 is 1.75 bits per heavy atom. The second-order valence-electron chi connectivity index (χ2n) is 3.41. The minimum absolute atomic E-state index is 0.104. The number of carbonyl (C=O) groups excluding carboxylic acids is 1. The standard InChI is InChI=1S/C10H16OS/c1-3-9(2)7-10(8-11)5-4-6-12-10/h8H,2-7H2,1H3. The molecule has 0 aromatic rings. The molecule has 0 aromatic heterocycles. The molecule has 0 bridgehead atoms. The number of hydrogen-bond donors (Lipinski definition) is 0. The first-order chi connectivity index (χ1) is 5.72. The minimum Gasteiger partial charge on any atom is -0.302 e. The fraction of sp³-hybridized carbons (Fsp3) is 0.700. The Morgan fingerprint density at radius 2 is 2.50 bits per heavy atom. The van der Waals surface area contributed by atoms with E-state index in [0.717, 1.165) is 31.3 Å². The van der Waals surface area contributed by atoms with Crippen molar-refractivity contribution in [2.75, 3.05) is 5.75 Å². The van der Waals surface area contributed by atoms with Gasteiger partial charge in [-0.3, -0.25) is 0 Å². The van der Waals surface area contributed by atoms with Crippen molar-refractivity contribution in [3.05, 3.63) is 12.2 Å². The van der Waals surface area contributed by atoms with E-state index in [2.05, 4.69) is 13.5 Å². The fourth-order valence-electron chi connectivity index (χ4n) is 1.54. The van der Waals surface area contributed by atoms with Gasteiger partial charge in [0.25, 0.3) is 0 Å². The second-order valence-corrected chi connectivity index (χ2v) is 4.92. The molecule has 0 radical (unpaired) electrons.